The zero-order valence-electron chi connectivity index (χ0n) is 17.5. The highest BCUT2D eigenvalue weighted by atomic mass is 16.2. The maximum Gasteiger partial charge on any atom is 0.224 e. The maximum absolute atomic E-state index is 13.1. The summed E-state index contributed by atoms with van der Waals surface area (Å²) in [5.74, 6) is 1.01. The molecule has 1 heterocycles. The van der Waals surface area contributed by atoms with Gasteiger partial charge in [-0.1, -0.05) is 56.7 Å². The van der Waals surface area contributed by atoms with Crippen LogP contribution in [-0.2, 0) is 11.3 Å². The van der Waals surface area contributed by atoms with E-state index in [0.717, 1.165) is 13.1 Å². The van der Waals surface area contributed by atoms with Gasteiger partial charge in [0.25, 0.3) is 0 Å². The van der Waals surface area contributed by atoms with Crippen molar-refractivity contribution in [1.82, 2.24) is 9.47 Å². The number of benzene rings is 1. The van der Waals surface area contributed by atoms with Crippen LogP contribution in [0.2, 0.25) is 0 Å². The van der Waals surface area contributed by atoms with Crippen LogP contribution in [-0.4, -0.2) is 28.0 Å². The second-order valence-corrected chi connectivity index (χ2v) is 8.84. The van der Waals surface area contributed by atoms with Crippen molar-refractivity contribution in [3.8, 4) is 0 Å². The van der Waals surface area contributed by atoms with Gasteiger partial charge in [-0.05, 0) is 56.0 Å². The van der Waals surface area contributed by atoms with Crippen LogP contribution < -0.4 is 0 Å². The Morgan fingerprint density at radius 1 is 1.00 bits per heavy atom. The van der Waals surface area contributed by atoms with E-state index in [4.69, 9.17) is 0 Å². The van der Waals surface area contributed by atoms with E-state index in [1.165, 1.54) is 80.8 Å². The van der Waals surface area contributed by atoms with Gasteiger partial charge in [0.05, 0.1) is 0 Å². The number of rotatable bonds is 6. The predicted molar refractivity (Wildman–Crippen MR) is 117 cm³/mol. The standard InChI is InChI=1S/C25H36N2O/c1-2-26(22-14-7-4-8-15-22)25(28)17-18-27-23-16-10-9-13-21(23)19-24(27)20-11-5-3-6-12-20/h9-10,13,16,19-20,22H,2-8,11-12,14-15,17-18H2,1H3. The van der Waals surface area contributed by atoms with Gasteiger partial charge in [0.15, 0.2) is 0 Å². The highest BCUT2D eigenvalue weighted by Gasteiger charge is 2.25. The van der Waals surface area contributed by atoms with Crippen LogP contribution >= 0.6 is 0 Å². The molecular weight excluding hydrogens is 344 g/mol. The molecule has 0 aliphatic heterocycles. The zero-order chi connectivity index (χ0) is 19.3. The number of aryl methyl sites for hydroxylation is 1. The molecule has 2 saturated carbocycles. The quantitative estimate of drug-likeness (QED) is 0.580. The van der Waals surface area contributed by atoms with Gasteiger partial charge in [-0.3, -0.25) is 4.79 Å². The van der Waals surface area contributed by atoms with Gasteiger partial charge >= 0.3 is 0 Å². The number of hydrogen-bond acceptors (Lipinski definition) is 1. The van der Waals surface area contributed by atoms with Gasteiger partial charge in [-0.2, -0.15) is 0 Å². The molecule has 0 saturated heterocycles. The number of carbonyl (C=O) groups excluding carboxylic acids is 1. The summed E-state index contributed by atoms with van der Waals surface area (Å²) in [5.41, 5.74) is 2.77. The van der Waals surface area contributed by atoms with Gasteiger partial charge in [-0.25, -0.2) is 0 Å². The van der Waals surface area contributed by atoms with Crippen molar-refractivity contribution in [2.45, 2.75) is 96.1 Å². The number of para-hydroxylation sites is 1. The average molecular weight is 381 g/mol. The monoisotopic (exact) mass is 380 g/mol. The van der Waals surface area contributed by atoms with E-state index in [2.05, 4.69) is 46.7 Å². The zero-order valence-corrected chi connectivity index (χ0v) is 17.5. The fourth-order valence-electron chi connectivity index (χ4n) is 5.60. The molecule has 2 aliphatic carbocycles. The Hall–Kier alpha value is -1.77. The third-order valence-corrected chi connectivity index (χ3v) is 7.09. The van der Waals surface area contributed by atoms with Crippen molar-refractivity contribution in [3.63, 3.8) is 0 Å². The number of amides is 1. The fourth-order valence-corrected chi connectivity index (χ4v) is 5.60. The normalized spacial score (nSPS) is 19.2. The number of fused-ring (bicyclic) bond motifs is 1. The van der Waals surface area contributed by atoms with Gasteiger partial charge in [0.1, 0.15) is 0 Å². The summed E-state index contributed by atoms with van der Waals surface area (Å²) in [6.07, 6.45) is 13.6. The second-order valence-electron chi connectivity index (χ2n) is 8.84. The summed E-state index contributed by atoms with van der Waals surface area (Å²) >= 11 is 0. The van der Waals surface area contributed by atoms with Gasteiger partial charge < -0.3 is 9.47 Å². The van der Waals surface area contributed by atoms with Crippen LogP contribution in [0, 0.1) is 0 Å². The molecule has 2 fully saturated rings. The molecule has 0 spiro atoms. The minimum atomic E-state index is 0.349. The van der Waals surface area contributed by atoms with E-state index in [1.54, 1.807) is 0 Å². The van der Waals surface area contributed by atoms with E-state index in [0.29, 0.717) is 24.3 Å². The van der Waals surface area contributed by atoms with Crippen molar-refractivity contribution in [2.24, 2.45) is 0 Å². The Morgan fingerprint density at radius 3 is 2.39 bits per heavy atom. The summed E-state index contributed by atoms with van der Waals surface area (Å²) in [6, 6.07) is 11.6. The first-order chi connectivity index (χ1) is 13.8. The lowest BCUT2D eigenvalue weighted by atomic mass is 9.87. The lowest BCUT2D eigenvalue weighted by Gasteiger charge is -2.34. The molecule has 1 aromatic heterocycles. The third-order valence-electron chi connectivity index (χ3n) is 7.09. The number of nitrogens with zero attached hydrogens (tertiary/aromatic N) is 2. The number of hydrogen-bond donors (Lipinski definition) is 0. The molecule has 3 nitrogen and oxygen atoms in total. The molecule has 1 aromatic carbocycles. The van der Waals surface area contributed by atoms with Crippen molar-refractivity contribution >= 4 is 16.8 Å². The topological polar surface area (TPSA) is 25.2 Å². The van der Waals surface area contributed by atoms with E-state index < -0.39 is 0 Å². The molecular formula is C25H36N2O. The van der Waals surface area contributed by atoms with Gasteiger partial charge in [-0.15, -0.1) is 0 Å². The predicted octanol–water partition coefficient (Wildman–Crippen LogP) is 6.26. The first kappa shape index (κ1) is 19.5. The molecule has 0 N–H and O–H groups in total. The van der Waals surface area contributed by atoms with Crippen molar-refractivity contribution in [2.75, 3.05) is 6.54 Å². The van der Waals surface area contributed by atoms with Crippen LogP contribution in [0.1, 0.15) is 89.2 Å². The molecule has 0 atom stereocenters. The minimum absolute atomic E-state index is 0.349. The Balaban J connectivity index is 1.52. The molecule has 2 aromatic rings. The van der Waals surface area contributed by atoms with E-state index >= 15 is 0 Å². The lowest BCUT2D eigenvalue weighted by molar-refractivity contribution is -0.134. The Kier molecular flexibility index (Phi) is 6.39. The minimum Gasteiger partial charge on any atom is -0.344 e. The second kappa shape index (κ2) is 9.15. The van der Waals surface area contributed by atoms with E-state index in [9.17, 15) is 4.79 Å². The smallest absolute Gasteiger partial charge is 0.224 e. The summed E-state index contributed by atoms with van der Waals surface area (Å²) in [6.45, 7) is 3.82. The van der Waals surface area contributed by atoms with E-state index in [1.807, 2.05) is 0 Å². The summed E-state index contributed by atoms with van der Waals surface area (Å²) in [7, 11) is 0. The summed E-state index contributed by atoms with van der Waals surface area (Å²) in [4.78, 5) is 15.3. The molecule has 152 valence electrons. The molecule has 0 radical (unpaired) electrons. The molecule has 28 heavy (non-hydrogen) atoms. The Morgan fingerprint density at radius 2 is 1.68 bits per heavy atom. The first-order valence-electron chi connectivity index (χ1n) is 11.7. The lowest BCUT2D eigenvalue weighted by Crippen LogP contribution is -2.41. The Bertz CT molecular complexity index is 781. The number of carbonyl (C=O) groups is 1. The molecule has 4 rings (SSSR count). The van der Waals surface area contributed by atoms with Crippen LogP contribution in [0.5, 0.6) is 0 Å². The largest absolute Gasteiger partial charge is 0.344 e. The molecule has 0 unspecified atom stereocenters. The van der Waals surface area contributed by atoms with Crippen LogP contribution in [0.4, 0.5) is 0 Å². The maximum atomic E-state index is 13.1. The highest BCUT2D eigenvalue weighted by Crippen LogP contribution is 2.36. The van der Waals surface area contributed by atoms with Crippen molar-refractivity contribution in [3.05, 3.63) is 36.0 Å². The van der Waals surface area contributed by atoms with Crippen LogP contribution in [0.15, 0.2) is 30.3 Å². The molecule has 0 bridgehead atoms. The van der Waals surface area contributed by atoms with Gasteiger partial charge in [0.2, 0.25) is 5.91 Å². The Labute approximate surface area is 170 Å². The summed E-state index contributed by atoms with van der Waals surface area (Å²) in [5, 5.41) is 1.33. The molecule has 3 heteroatoms. The fraction of sp³-hybridized carbons (Fsp3) is 0.640. The first-order valence-corrected chi connectivity index (χ1v) is 11.7. The third kappa shape index (κ3) is 4.14. The van der Waals surface area contributed by atoms with Crippen LogP contribution in [0.3, 0.4) is 0 Å². The van der Waals surface area contributed by atoms with Crippen molar-refractivity contribution < 1.29 is 4.79 Å². The van der Waals surface area contributed by atoms with Crippen LogP contribution in [0.25, 0.3) is 10.9 Å². The summed E-state index contributed by atoms with van der Waals surface area (Å²) < 4.78 is 2.47. The highest BCUT2D eigenvalue weighted by molar-refractivity contribution is 5.82. The van der Waals surface area contributed by atoms with E-state index in [-0.39, 0.29) is 0 Å². The number of aromatic nitrogens is 1. The van der Waals surface area contributed by atoms with Gasteiger partial charge in [0, 0.05) is 36.8 Å². The molecule has 2 aliphatic rings. The SMILES string of the molecule is CCN(C(=O)CCn1c(C2CCCCC2)cc2ccccc21)C1CCCCC1. The van der Waals surface area contributed by atoms with Crippen molar-refractivity contribution in [1.29, 1.82) is 0 Å². The average Bonchev–Trinajstić information content (AvgIpc) is 3.13. The molecule has 1 amide bonds.